The first-order valence-electron chi connectivity index (χ1n) is 10.8. The molecule has 1 heterocycles. The van der Waals surface area contributed by atoms with E-state index in [1.54, 1.807) is 6.20 Å². The average molecular weight is 461 g/mol. The van der Waals surface area contributed by atoms with Gasteiger partial charge in [0.05, 0.1) is 12.6 Å². The SMILES string of the molecule is C[C@H](NC(=O)[C@@H](N)CCCCN)C(=O)NCC(=O)N[C@@H](Cc1c[nH]c2ccccc12)C(=O)O. The Balaban J connectivity index is 1.82. The normalized spacial score (nSPS) is 13.7. The van der Waals surface area contributed by atoms with Gasteiger partial charge >= 0.3 is 5.97 Å². The van der Waals surface area contributed by atoms with Gasteiger partial charge in [0.2, 0.25) is 17.7 Å². The van der Waals surface area contributed by atoms with Crippen LogP contribution in [-0.2, 0) is 25.6 Å². The number of fused-ring (bicyclic) bond motifs is 1. The summed E-state index contributed by atoms with van der Waals surface area (Å²) in [6.07, 6.45) is 3.69. The number of aromatic amines is 1. The lowest BCUT2D eigenvalue weighted by molar-refractivity contribution is -0.141. The number of nitrogens with one attached hydrogen (secondary N) is 4. The van der Waals surface area contributed by atoms with Crippen molar-refractivity contribution in [1.82, 2.24) is 20.9 Å². The smallest absolute Gasteiger partial charge is 0.326 e. The summed E-state index contributed by atoms with van der Waals surface area (Å²) in [5, 5.41) is 17.7. The minimum absolute atomic E-state index is 0.0769. The Morgan fingerprint density at radius 1 is 1.09 bits per heavy atom. The third-order valence-corrected chi connectivity index (χ3v) is 5.21. The molecule has 0 unspecified atom stereocenters. The Labute approximate surface area is 191 Å². The van der Waals surface area contributed by atoms with E-state index in [9.17, 15) is 24.3 Å². The minimum Gasteiger partial charge on any atom is -0.480 e. The van der Waals surface area contributed by atoms with Gasteiger partial charge in [-0.3, -0.25) is 14.4 Å². The summed E-state index contributed by atoms with van der Waals surface area (Å²) in [5.41, 5.74) is 12.8. The number of nitrogens with two attached hydrogens (primary N) is 2. The lowest BCUT2D eigenvalue weighted by Gasteiger charge is -2.18. The van der Waals surface area contributed by atoms with Crippen molar-refractivity contribution < 1.29 is 24.3 Å². The van der Waals surface area contributed by atoms with Crippen LogP contribution in [0.25, 0.3) is 10.9 Å². The summed E-state index contributed by atoms with van der Waals surface area (Å²) < 4.78 is 0. The number of H-pyrrole nitrogens is 1. The molecular formula is C22H32N6O5. The van der Waals surface area contributed by atoms with Crippen LogP contribution < -0.4 is 27.4 Å². The van der Waals surface area contributed by atoms with Crippen LogP contribution in [0.1, 0.15) is 31.7 Å². The van der Waals surface area contributed by atoms with Gasteiger partial charge in [-0.05, 0) is 37.9 Å². The number of carbonyl (C=O) groups is 4. The highest BCUT2D eigenvalue weighted by atomic mass is 16.4. The fourth-order valence-electron chi connectivity index (χ4n) is 3.31. The topological polar surface area (TPSA) is 192 Å². The van der Waals surface area contributed by atoms with Gasteiger partial charge in [-0.15, -0.1) is 0 Å². The predicted octanol–water partition coefficient (Wildman–Crippen LogP) is -0.643. The van der Waals surface area contributed by atoms with Crippen molar-refractivity contribution in [1.29, 1.82) is 0 Å². The number of hydrogen-bond acceptors (Lipinski definition) is 6. The highest BCUT2D eigenvalue weighted by molar-refractivity contribution is 5.92. The van der Waals surface area contributed by atoms with Crippen molar-refractivity contribution in [3.8, 4) is 0 Å². The Kier molecular flexibility index (Phi) is 9.83. The van der Waals surface area contributed by atoms with E-state index in [4.69, 9.17) is 11.5 Å². The fourth-order valence-corrected chi connectivity index (χ4v) is 3.31. The molecule has 2 rings (SSSR count). The Morgan fingerprint density at radius 3 is 2.52 bits per heavy atom. The first-order valence-corrected chi connectivity index (χ1v) is 10.8. The molecular weight excluding hydrogens is 428 g/mol. The molecule has 180 valence electrons. The molecule has 1 aromatic heterocycles. The van der Waals surface area contributed by atoms with Gasteiger partial charge in [0.15, 0.2) is 0 Å². The quantitative estimate of drug-likeness (QED) is 0.193. The molecule has 0 aliphatic rings. The number of carboxylic acid groups (broad SMARTS) is 1. The van der Waals surface area contributed by atoms with E-state index in [1.807, 2.05) is 24.3 Å². The number of carboxylic acids is 1. The van der Waals surface area contributed by atoms with Crippen LogP contribution in [0.3, 0.4) is 0 Å². The molecule has 0 aliphatic heterocycles. The molecule has 9 N–H and O–H groups in total. The van der Waals surface area contributed by atoms with Gasteiger partial charge in [0.1, 0.15) is 12.1 Å². The van der Waals surface area contributed by atoms with Crippen molar-refractivity contribution in [2.24, 2.45) is 11.5 Å². The van der Waals surface area contributed by atoms with Crippen LogP contribution in [0.4, 0.5) is 0 Å². The van der Waals surface area contributed by atoms with Crippen molar-refractivity contribution >= 4 is 34.6 Å². The molecule has 0 saturated heterocycles. The van der Waals surface area contributed by atoms with Crippen molar-refractivity contribution in [3.63, 3.8) is 0 Å². The number of unbranched alkanes of at least 4 members (excludes halogenated alkanes) is 1. The van der Waals surface area contributed by atoms with Crippen molar-refractivity contribution in [2.75, 3.05) is 13.1 Å². The molecule has 11 nitrogen and oxygen atoms in total. The molecule has 3 amide bonds. The van der Waals surface area contributed by atoms with Crippen LogP contribution in [0.15, 0.2) is 30.5 Å². The second kappa shape index (κ2) is 12.6. The number of aliphatic carboxylic acids is 1. The summed E-state index contributed by atoms with van der Waals surface area (Å²) in [6.45, 7) is 1.55. The number of hydrogen-bond donors (Lipinski definition) is 7. The molecule has 2 aromatic rings. The monoisotopic (exact) mass is 460 g/mol. The van der Waals surface area contributed by atoms with E-state index in [-0.39, 0.29) is 6.42 Å². The largest absolute Gasteiger partial charge is 0.480 e. The van der Waals surface area contributed by atoms with Gasteiger partial charge < -0.3 is 37.5 Å². The molecule has 1 aromatic carbocycles. The summed E-state index contributed by atoms with van der Waals surface area (Å²) in [5.74, 6) is -2.91. The van der Waals surface area contributed by atoms with Gasteiger partial charge in [-0.25, -0.2) is 4.79 Å². The van der Waals surface area contributed by atoms with Gasteiger partial charge in [0.25, 0.3) is 0 Å². The van der Waals surface area contributed by atoms with Crippen molar-refractivity contribution in [2.45, 2.75) is 50.7 Å². The van der Waals surface area contributed by atoms with E-state index in [1.165, 1.54) is 6.92 Å². The number of aromatic nitrogens is 1. The Hall–Kier alpha value is -3.44. The van der Waals surface area contributed by atoms with E-state index in [2.05, 4.69) is 20.9 Å². The summed E-state index contributed by atoms with van der Waals surface area (Å²) in [6, 6.07) is 4.61. The number of carbonyl (C=O) groups excluding carboxylic acids is 3. The highest BCUT2D eigenvalue weighted by Crippen LogP contribution is 2.19. The molecule has 11 heteroatoms. The molecule has 3 atom stereocenters. The maximum atomic E-state index is 12.2. The maximum absolute atomic E-state index is 12.2. The second-order valence-electron chi connectivity index (χ2n) is 7.86. The molecule has 0 bridgehead atoms. The van der Waals surface area contributed by atoms with Crippen LogP contribution in [-0.4, -0.2) is 65.0 Å². The Morgan fingerprint density at radius 2 is 1.82 bits per heavy atom. The van der Waals surface area contributed by atoms with Gasteiger partial charge in [-0.2, -0.15) is 0 Å². The fraction of sp³-hybridized carbons (Fsp3) is 0.455. The molecule has 33 heavy (non-hydrogen) atoms. The molecule has 0 spiro atoms. The zero-order chi connectivity index (χ0) is 24.4. The minimum atomic E-state index is -1.19. The number of para-hydroxylation sites is 1. The van der Waals surface area contributed by atoms with E-state index >= 15 is 0 Å². The predicted molar refractivity (Wildman–Crippen MR) is 123 cm³/mol. The van der Waals surface area contributed by atoms with E-state index in [0.717, 1.165) is 22.9 Å². The zero-order valence-corrected chi connectivity index (χ0v) is 18.6. The highest BCUT2D eigenvalue weighted by Gasteiger charge is 2.23. The van der Waals surface area contributed by atoms with E-state index in [0.29, 0.717) is 19.4 Å². The van der Waals surface area contributed by atoms with Crippen LogP contribution in [0, 0.1) is 0 Å². The first-order chi connectivity index (χ1) is 15.7. The number of amides is 3. The van der Waals surface area contributed by atoms with Crippen LogP contribution in [0.5, 0.6) is 0 Å². The molecule has 0 aliphatic carbocycles. The van der Waals surface area contributed by atoms with E-state index < -0.39 is 48.4 Å². The van der Waals surface area contributed by atoms with Gasteiger partial charge in [0, 0.05) is 23.5 Å². The average Bonchev–Trinajstić information content (AvgIpc) is 3.19. The lowest BCUT2D eigenvalue weighted by atomic mass is 10.0. The zero-order valence-electron chi connectivity index (χ0n) is 18.6. The first kappa shape index (κ1) is 25.8. The van der Waals surface area contributed by atoms with Crippen molar-refractivity contribution in [3.05, 3.63) is 36.0 Å². The third kappa shape index (κ3) is 7.88. The summed E-state index contributed by atoms with van der Waals surface area (Å²) in [4.78, 5) is 51.2. The third-order valence-electron chi connectivity index (χ3n) is 5.21. The lowest BCUT2D eigenvalue weighted by Crippen LogP contribution is -2.52. The summed E-state index contributed by atoms with van der Waals surface area (Å²) in [7, 11) is 0. The summed E-state index contributed by atoms with van der Waals surface area (Å²) >= 11 is 0. The number of benzene rings is 1. The second-order valence-corrected chi connectivity index (χ2v) is 7.86. The standard InChI is InChI=1S/C22H32N6O5/c1-13(27-21(31)16(24)7-4-5-9-23)20(30)26-12-19(29)28-18(22(32)33)10-14-11-25-17-8-3-2-6-15(14)17/h2-3,6,8,11,13,16,18,25H,4-5,7,9-10,12,23-24H2,1H3,(H,26,30)(H,27,31)(H,28,29)(H,32,33)/t13-,16-,18-/m0/s1. The molecule has 0 saturated carbocycles. The van der Waals surface area contributed by atoms with Gasteiger partial charge in [-0.1, -0.05) is 24.6 Å². The van der Waals surface area contributed by atoms with Crippen LogP contribution in [0.2, 0.25) is 0 Å². The van der Waals surface area contributed by atoms with Crippen LogP contribution >= 0.6 is 0 Å². The Bertz CT molecular complexity index is 975. The molecule has 0 fully saturated rings. The number of rotatable bonds is 13. The maximum Gasteiger partial charge on any atom is 0.326 e. The molecule has 0 radical (unpaired) electrons.